The number of primary amides is 1. The Kier molecular flexibility index (Phi) is 21.1. The molecular weight excluding hydrogens is 810 g/mol. The monoisotopic (exact) mass is 867 g/mol. The number of fused-ring (bicyclic) bond motifs is 5. The van der Waals surface area contributed by atoms with Crippen molar-refractivity contribution in [2.24, 2.45) is 11.5 Å². The number of terminal acetylenes is 1. The Bertz CT molecular complexity index is 2250. The first-order valence-corrected chi connectivity index (χ1v) is 20.0. The Morgan fingerprint density at radius 2 is 1.61 bits per heavy atom. The topological polar surface area (TPSA) is 279 Å². The van der Waals surface area contributed by atoms with Gasteiger partial charge < -0.3 is 61.1 Å². The number of amides is 2. The minimum Gasteiger partial charge on any atom is -0.506 e. The average Bonchev–Trinajstić information content (AvgIpc) is 3.66. The van der Waals surface area contributed by atoms with E-state index in [-0.39, 0.29) is 48.1 Å². The third kappa shape index (κ3) is 12.3. The zero-order valence-electron chi connectivity index (χ0n) is 35.9. The number of anilines is 1. The summed E-state index contributed by atoms with van der Waals surface area (Å²) in [5, 5.41) is 47.7. The van der Waals surface area contributed by atoms with Crippen molar-refractivity contribution >= 4 is 34.6 Å². The number of aromatic hydroxyl groups is 1. The molecule has 5 heterocycles. The molecule has 0 bridgehead atoms. The number of ether oxygens (including phenoxy) is 3. The molecule has 0 spiro atoms. The van der Waals surface area contributed by atoms with Crippen LogP contribution >= 0.6 is 0 Å². The number of pyridine rings is 2. The number of aryl methyl sites for hydroxylation is 2. The number of carbonyl (C=O) groups is 3. The number of aromatic nitrogens is 2. The van der Waals surface area contributed by atoms with E-state index in [0.717, 1.165) is 48.4 Å². The lowest BCUT2D eigenvalue weighted by atomic mass is 9.85. The lowest BCUT2D eigenvalue weighted by molar-refractivity contribution is -0.157. The maximum absolute atomic E-state index is 14.5. The van der Waals surface area contributed by atoms with Crippen LogP contribution < -0.4 is 22.3 Å². The number of nitrogens with zero attached hydrogens (tertiary/aromatic N) is 2. The molecule has 2 aromatic carbocycles. The quantitative estimate of drug-likeness (QED) is 0.0731. The molecule has 8 rings (SSSR count). The number of rotatable bonds is 4. The first-order chi connectivity index (χ1) is 29.8. The molecule has 338 valence electrons. The van der Waals surface area contributed by atoms with Crippen LogP contribution in [0.25, 0.3) is 22.3 Å². The molecule has 62 heavy (non-hydrogen) atoms. The number of benzene rings is 2. The van der Waals surface area contributed by atoms with Gasteiger partial charge in [0.2, 0.25) is 5.91 Å². The summed E-state index contributed by atoms with van der Waals surface area (Å²) in [6.07, 6.45) is 7.76. The van der Waals surface area contributed by atoms with Crippen LogP contribution in [-0.4, -0.2) is 92.1 Å². The van der Waals surface area contributed by atoms with Gasteiger partial charge >= 0.3 is 12.1 Å². The summed E-state index contributed by atoms with van der Waals surface area (Å²) in [7, 11) is 1.00. The van der Waals surface area contributed by atoms with Gasteiger partial charge in [0.1, 0.15) is 24.8 Å². The number of aliphatic hydroxyl groups is 4. The molecule has 2 aromatic heterocycles. The van der Waals surface area contributed by atoms with Crippen LogP contribution in [-0.2, 0) is 56.4 Å². The Morgan fingerprint density at radius 1 is 0.984 bits per heavy atom. The van der Waals surface area contributed by atoms with Gasteiger partial charge in [0.05, 0.1) is 66.7 Å². The number of hydrogen-bond acceptors (Lipinski definition) is 14. The molecule has 3 aliphatic heterocycles. The second kappa shape index (κ2) is 25.1. The predicted molar refractivity (Wildman–Crippen MR) is 230 cm³/mol. The van der Waals surface area contributed by atoms with Crippen molar-refractivity contribution in [2.75, 3.05) is 32.2 Å². The van der Waals surface area contributed by atoms with E-state index in [0.29, 0.717) is 59.8 Å². The van der Waals surface area contributed by atoms with E-state index in [2.05, 4.69) is 22.9 Å². The minimum absolute atomic E-state index is 0.0406. The summed E-state index contributed by atoms with van der Waals surface area (Å²) >= 11 is 0. The smallest absolute Gasteiger partial charge is 0.404 e. The highest BCUT2D eigenvalue weighted by atomic mass is 19.1. The lowest BCUT2D eigenvalue weighted by Crippen LogP contribution is -2.32. The fourth-order valence-electron chi connectivity index (χ4n) is 6.98. The zero-order valence-corrected chi connectivity index (χ0v) is 35.9. The fourth-order valence-corrected chi connectivity index (χ4v) is 6.98. The normalized spacial score (nSPS) is 17.0. The van der Waals surface area contributed by atoms with E-state index >= 15 is 0 Å². The van der Waals surface area contributed by atoms with Crippen molar-refractivity contribution in [3.63, 3.8) is 0 Å². The van der Waals surface area contributed by atoms with Gasteiger partial charge in [0.15, 0.2) is 6.10 Å². The van der Waals surface area contributed by atoms with Gasteiger partial charge in [0, 0.05) is 36.1 Å². The third-order valence-corrected chi connectivity index (χ3v) is 9.61. The molecule has 2 amide bonds. The number of hydrogen-bond donors (Lipinski definition) is 8. The Balaban J connectivity index is 0.000000341. The van der Waals surface area contributed by atoms with Crippen molar-refractivity contribution in [2.45, 2.75) is 98.4 Å². The number of phenols is 1. The molecule has 1 aliphatic carbocycles. The highest BCUT2D eigenvalue weighted by Gasteiger charge is 2.35. The second-order valence-corrected chi connectivity index (χ2v) is 13.3. The number of carbonyl (C=O) groups excluding carboxylic acids is 3. The molecule has 18 heteroatoms. The van der Waals surface area contributed by atoms with Gasteiger partial charge in [-0.3, -0.25) is 9.59 Å². The highest BCUT2D eigenvalue weighted by molar-refractivity contribution is 5.94. The van der Waals surface area contributed by atoms with E-state index in [1.807, 2.05) is 27.7 Å². The largest absolute Gasteiger partial charge is 0.506 e. The van der Waals surface area contributed by atoms with Crippen molar-refractivity contribution in [3.05, 3.63) is 85.4 Å². The van der Waals surface area contributed by atoms with Gasteiger partial charge in [0.25, 0.3) is 5.56 Å². The first-order valence-electron chi connectivity index (χ1n) is 20.0. The zero-order chi connectivity index (χ0) is 46.8. The van der Waals surface area contributed by atoms with E-state index in [1.54, 1.807) is 17.6 Å². The molecular formula is C44H58FN5O12. The third-order valence-electron chi connectivity index (χ3n) is 9.61. The number of nitrogens with two attached hydrogens (primary N) is 2. The maximum atomic E-state index is 14.5. The number of aliphatic hydroxyl groups excluding tert-OH is 4. The van der Waals surface area contributed by atoms with Crippen LogP contribution in [0.2, 0.25) is 0 Å². The molecule has 3 atom stereocenters. The van der Waals surface area contributed by atoms with Crippen LogP contribution in [0.3, 0.4) is 0 Å². The Labute approximate surface area is 359 Å². The van der Waals surface area contributed by atoms with Gasteiger partial charge in [-0.1, -0.05) is 33.8 Å². The predicted octanol–water partition coefficient (Wildman–Crippen LogP) is 3.38. The summed E-state index contributed by atoms with van der Waals surface area (Å²) < 4.78 is 30.4. The molecule has 4 aliphatic rings. The Morgan fingerprint density at radius 3 is 2.19 bits per heavy atom. The van der Waals surface area contributed by atoms with Crippen LogP contribution in [0.1, 0.15) is 85.6 Å². The number of phenolic OH excluding ortho intramolecular Hbond substituents is 1. The van der Waals surface area contributed by atoms with Gasteiger partial charge in [-0.15, -0.1) is 12.8 Å². The number of cyclic esters (lactones) is 1. The van der Waals surface area contributed by atoms with Crippen LogP contribution in [0, 0.1) is 25.6 Å². The average molecular weight is 868 g/mol. The van der Waals surface area contributed by atoms with Gasteiger partial charge in [-0.05, 0) is 66.6 Å². The van der Waals surface area contributed by atoms with Gasteiger partial charge in [-0.2, -0.15) is 0 Å². The van der Waals surface area contributed by atoms with E-state index in [1.165, 1.54) is 24.3 Å². The first kappa shape index (κ1) is 52.2. The number of esters is 1. The molecule has 3 unspecified atom stereocenters. The minimum atomic E-state index is -1.48. The van der Waals surface area contributed by atoms with E-state index in [9.17, 15) is 33.8 Å². The fraction of sp³-hybridized carbons (Fsp3) is 0.432. The van der Waals surface area contributed by atoms with Crippen molar-refractivity contribution in [1.82, 2.24) is 9.55 Å². The maximum Gasteiger partial charge on any atom is 0.404 e. The molecule has 17 nitrogen and oxygen atoms in total. The summed E-state index contributed by atoms with van der Waals surface area (Å²) in [5.41, 5.74) is 16.6. The van der Waals surface area contributed by atoms with Crippen molar-refractivity contribution < 1.29 is 58.5 Å². The van der Waals surface area contributed by atoms with Crippen molar-refractivity contribution in [1.29, 1.82) is 0 Å². The summed E-state index contributed by atoms with van der Waals surface area (Å²) in [5.74, 6) is -1.57. The standard InChI is InChI=1S/C22H17FN2O4.C10H13N3O4.C5H10O3.2C2H6.C2H2.CH4O/c1-9-10-3-2-4-11-13-7-25-17(19(13)24-16(18(10)11)6-15(9)23)5-12-14(21(25)27)8-29-22(28)20(12)26;11-4-9(15)13-7-3-6(1-2-8(7)14)5-17-10(12)16;6-4-1-5(7)3-8-2-4;4*1-2/h5-6,20,26H,2-4,7-8H2,1H3;1-3,14H,4-5,11H2,(H2,12,16)(H,13,15);4-7H,1-3H2;2*1-2H3;1-2H;2H,1H3. The van der Waals surface area contributed by atoms with E-state index < -0.39 is 36.3 Å². The molecule has 4 aromatic rings. The summed E-state index contributed by atoms with van der Waals surface area (Å²) in [6, 6.07) is 7.50. The number of nitrogens with one attached hydrogen (secondary N) is 1. The van der Waals surface area contributed by atoms with Crippen LogP contribution in [0.4, 0.5) is 14.9 Å². The van der Waals surface area contributed by atoms with E-state index in [4.69, 9.17) is 41.2 Å². The summed E-state index contributed by atoms with van der Waals surface area (Å²) in [4.78, 5) is 51.1. The highest BCUT2D eigenvalue weighted by Crippen LogP contribution is 2.42. The second-order valence-electron chi connectivity index (χ2n) is 13.3. The molecule has 10 N–H and O–H groups in total. The molecule has 0 radical (unpaired) electrons. The van der Waals surface area contributed by atoms with Crippen molar-refractivity contribution in [3.8, 4) is 30.0 Å². The summed E-state index contributed by atoms with van der Waals surface area (Å²) in [6.45, 7) is 10.6. The van der Waals surface area contributed by atoms with Gasteiger partial charge in [-0.25, -0.2) is 19.0 Å². The number of halogens is 1. The Hall–Kier alpha value is -5.94. The SMILES string of the molecule is C#C.CC.CC.CO.Cc1c(F)cc2nc3c(c4c2c1CCC4)Cn1c-3cc2c(c1=O)COC(=O)C2O.NCC(=O)Nc1cc(COC(N)=O)ccc1O.OC1COCC(O)C1. The molecule has 1 saturated heterocycles. The van der Waals surface area contributed by atoms with Crippen LogP contribution in [0.5, 0.6) is 5.75 Å². The molecule has 0 saturated carbocycles. The van der Waals surface area contributed by atoms with Crippen LogP contribution in [0.15, 0.2) is 35.1 Å². The molecule has 1 fully saturated rings. The lowest BCUT2D eigenvalue weighted by Gasteiger charge is -2.22.